The van der Waals surface area contributed by atoms with Gasteiger partial charge in [0.25, 0.3) is 0 Å². The number of aliphatic hydroxyl groups is 1. The summed E-state index contributed by atoms with van der Waals surface area (Å²) in [5.41, 5.74) is 2.57. The van der Waals surface area contributed by atoms with E-state index in [0.29, 0.717) is 12.2 Å². The van der Waals surface area contributed by atoms with Gasteiger partial charge in [-0.1, -0.05) is 6.07 Å². The maximum absolute atomic E-state index is 10.6. The number of thiazole rings is 1. The Hall–Kier alpha value is -2.39. The van der Waals surface area contributed by atoms with Gasteiger partial charge in [0.2, 0.25) is 5.13 Å². The second kappa shape index (κ2) is 7.75. The number of benzene rings is 1. The lowest BCUT2D eigenvalue weighted by Crippen LogP contribution is -2.26. The Bertz CT molecular complexity index is 716. The Balaban J connectivity index is 2.25. The highest BCUT2D eigenvalue weighted by Crippen LogP contribution is 2.32. The smallest absolute Gasteiger partial charge is 0.345 e. The summed E-state index contributed by atoms with van der Waals surface area (Å²) in [7, 11) is 0. The molecule has 1 aromatic heterocycles. The summed E-state index contributed by atoms with van der Waals surface area (Å²) in [4.78, 5) is 16.0. The minimum Gasteiger partial charge on any atom is -0.395 e. The fourth-order valence-electron chi connectivity index (χ4n) is 2.12. The Morgan fingerprint density at radius 1 is 1.43 bits per heavy atom. The Kier molecular flexibility index (Phi) is 5.72. The van der Waals surface area contributed by atoms with Crippen molar-refractivity contribution in [1.82, 2.24) is 4.98 Å². The number of hydrogen-bond donors (Lipinski definition) is 1. The number of azo groups is 1. The maximum atomic E-state index is 10.6. The van der Waals surface area contributed by atoms with E-state index in [2.05, 4.69) is 15.2 Å². The molecule has 0 spiro atoms. The second-order valence-electron chi connectivity index (χ2n) is 4.66. The summed E-state index contributed by atoms with van der Waals surface area (Å²) in [5.74, 6) is 0. The topological polar surface area (TPSA) is 104 Å². The molecular weight excluding hydrogens is 318 g/mol. The van der Waals surface area contributed by atoms with Crippen LogP contribution < -0.4 is 4.90 Å². The molecule has 2 rings (SSSR count). The largest absolute Gasteiger partial charge is 0.395 e. The molecule has 0 aliphatic rings. The van der Waals surface area contributed by atoms with Gasteiger partial charge in [-0.2, -0.15) is 0 Å². The fourth-order valence-corrected chi connectivity index (χ4v) is 2.67. The molecule has 1 aromatic carbocycles. The molecule has 0 unspecified atom stereocenters. The minimum atomic E-state index is -0.503. The molecule has 9 heteroatoms. The van der Waals surface area contributed by atoms with Crippen LogP contribution in [-0.2, 0) is 0 Å². The molecule has 0 amide bonds. The predicted molar refractivity (Wildman–Crippen MR) is 89.1 cm³/mol. The van der Waals surface area contributed by atoms with E-state index >= 15 is 0 Å². The van der Waals surface area contributed by atoms with E-state index in [4.69, 9.17) is 5.11 Å². The van der Waals surface area contributed by atoms with E-state index < -0.39 is 4.92 Å². The number of hydrogen-bond acceptors (Lipinski definition) is 8. The molecule has 0 aliphatic heterocycles. The van der Waals surface area contributed by atoms with Crippen LogP contribution in [0.25, 0.3) is 0 Å². The van der Waals surface area contributed by atoms with E-state index in [1.54, 1.807) is 0 Å². The summed E-state index contributed by atoms with van der Waals surface area (Å²) in [6, 6.07) is 5.64. The summed E-state index contributed by atoms with van der Waals surface area (Å²) >= 11 is 0.875. The molecule has 0 aliphatic carbocycles. The van der Waals surface area contributed by atoms with Crippen LogP contribution in [0.5, 0.6) is 0 Å². The monoisotopic (exact) mass is 335 g/mol. The Morgan fingerprint density at radius 3 is 2.83 bits per heavy atom. The summed E-state index contributed by atoms with van der Waals surface area (Å²) in [6.07, 6.45) is 1.17. The van der Waals surface area contributed by atoms with Gasteiger partial charge in [0.05, 0.1) is 17.2 Å². The maximum Gasteiger partial charge on any atom is 0.345 e. The molecule has 0 atom stereocenters. The van der Waals surface area contributed by atoms with Gasteiger partial charge in [0.1, 0.15) is 6.20 Å². The molecule has 23 heavy (non-hydrogen) atoms. The molecule has 8 nitrogen and oxygen atoms in total. The molecule has 0 saturated carbocycles. The van der Waals surface area contributed by atoms with E-state index in [0.717, 1.165) is 29.1 Å². The van der Waals surface area contributed by atoms with Gasteiger partial charge in [0.15, 0.2) is 0 Å². The lowest BCUT2D eigenvalue weighted by molar-refractivity contribution is -0.380. The molecule has 0 bridgehead atoms. The molecule has 122 valence electrons. The molecule has 0 radical (unpaired) electrons. The highest BCUT2D eigenvalue weighted by molar-refractivity contribution is 7.18. The number of anilines is 1. The second-order valence-corrected chi connectivity index (χ2v) is 5.65. The van der Waals surface area contributed by atoms with Crippen molar-refractivity contribution in [2.45, 2.75) is 13.8 Å². The lowest BCUT2D eigenvalue weighted by atomic mass is 10.1. The Labute approximate surface area is 137 Å². The number of aliphatic hydroxyl groups excluding tert-OH is 1. The van der Waals surface area contributed by atoms with Gasteiger partial charge >= 0.3 is 5.00 Å². The minimum absolute atomic E-state index is 0.0653. The van der Waals surface area contributed by atoms with Crippen molar-refractivity contribution in [2.24, 2.45) is 10.2 Å². The Morgan fingerprint density at radius 2 is 2.22 bits per heavy atom. The van der Waals surface area contributed by atoms with Crippen molar-refractivity contribution >= 4 is 32.8 Å². The van der Waals surface area contributed by atoms with E-state index in [9.17, 15) is 10.1 Å². The molecule has 1 heterocycles. The van der Waals surface area contributed by atoms with Crippen molar-refractivity contribution in [3.8, 4) is 0 Å². The predicted octanol–water partition coefficient (Wildman–Crippen LogP) is 3.59. The zero-order valence-corrected chi connectivity index (χ0v) is 13.7. The zero-order valence-electron chi connectivity index (χ0n) is 12.8. The summed E-state index contributed by atoms with van der Waals surface area (Å²) in [6.45, 7) is 5.31. The molecular formula is C14H17N5O3S. The van der Waals surface area contributed by atoms with Gasteiger partial charge in [-0.15, -0.1) is 10.2 Å². The van der Waals surface area contributed by atoms with Crippen LogP contribution in [-0.4, -0.2) is 34.7 Å². The third-order valence-electron chi connectivity index (χ3n) is 3.27. The van der Waals surface area contributed by atoms with E-state index in [-0.39, 0.29) is 16.7 Å². The number of likely N-dealkylation sites (N-methyl/N-ethyl adjacent to an activating group) is 1. The third kappa shape index (κ3) is 4.08. The zero-order chi connectivity index (χ0) is 16.8. The van der Waals surface area contributed by atoms with Crippen molar-refractivity contribution in [1.29, 1.82) is 0 Å². The molecule has 0 fully saturated rings. The molecule has 2 aromatic rings. The molecule has 0 saturated heterocycles. The summed E-state index contributed by atoms with van der Waals surface area (Å²) < 4.78 is 0. The number of rotatable bonds is 7. The number of nitrogens with zero attached hydrogens (tertiary/aromatic N) is 5. The normalized spacial score (nSPS) is 11.1. The van der Waals surface area contributed by atoms with Crippen molar-refractivity contribution in [3.05, 3.63) is 40.1 Å². The quantitative estimate of drug-likeness (QED) is 0.473. The average molecular weight is 335 g/mol. The van der Waals surface area contributed by atoms with E-state index in [1.165, 1.54) is 6.20 Å². The highest BCUT2D eigenvalue weighted by atomic mass is 32.1. The van der Waals surface area contributed by atoms with Crippen molar-refractivity contribution in [3.63, 3.8) is 0 Å². The van der Waals surface area contributed by atoms with Crippen LogP contribution >= 0.6 is 11.3 Å². The standard InChI is InChI=1S/C14H17N5O3S/c1-3-18(7-8-20)12-6-4-5-11(10(12)2)16-17-14-15-9-13(23-14)19(21)22/h4-6,9,20H,3,7-8H2,1-2H3. The first-order valence-corrected chi connectivity index (χ1v) is 7.85. The molecule has 1 N–H and O–H groups in total. The van der Waals surface area contributed by atoms with Gasteiger partial charge in [-0.05, 0) is 42.9 Å². The summed E-state index contributed by atoms with van der Waals surface area (Å²) in [5, 5.41) is 28.1. The fraction of sp³-hybridized carbons (Fsp3) is 0.357. The SMILES string of the molecule is CCN(CCO)c1cccc(N=Nc2ncc([N+](=O)[O-])s2)c1C. The first kappa shape index (κ1) is 17.0. The van der Waals surface area contributed by atoms with Gasteiger partial charge in [-0.3, -0.25) is 10.1 Å². The first-order chi connectivity index (χ1) is 11.1. The highest BCUT2D eigenvalue weighted by Gasteiger charge is 2.12. The van der Waals surface area contributed by atoms with Crippen LogP contribution in [0.4, 0.5) is 21.5 Å². The van der Waals surface area contributed by atoms with Gasteiger partial charge in [-0.25, -0.2) is 4.98 Å². The van der Waals surface area contributed by atoms with Crippen LogP contribution in [0.15, 0.2) is 34.6 Å². The van der Waals surface area contributed by atoms with Gasteiger partial charge < -0.3 is 10.0 Å². The number of aromatic nitrogens is 1. The lowest BCUT2D eigenvalue weighted by Gasteiger charge is -2.24. The van der Waals surface area contributed by atoms with Crippen LogP contribution in [0.3, 0.4) is 0 Å². The van der Waals surface area contributed by atoms with Crippen molar-refractivity contribution < 1.29 is 10.0 Å². The average Bonchev–Trinajstić information content (AvgIpc) is 3.01. The van der Waals surface area contributed by atoms with Gasteiger partial charge in [0, 0.05) is 18.8 Å². The number of nitro groups is 1. The van der Waals surface area contributed by atoms with Crippen LogP contribution in [0.2, 0.25) is 0 Å². The van der Waals surface area contributed by atoms with E-state index in [1.807, 2.05) is 36.9 Å². The van der Waals surface area contributed by atoms with Crippen LogP contribution in [0.1, 0.15) is 12.5 Å². The third-order valence-corrected chi connectivity index (χ3v) is 4.11. The first-order valence-electron chi connectivity index (χ1n) is 7.04. The van der Waals surface area contributed by atoms with Crippen molar-refractivity contribution in [2.75, 3.05) is 24.6 Å². The van der Waals surface area contributed by atoms with Crippen LogP contribution in [0, 0.1) is 17.0 Å².